The molecule has 0 aliphatic carbocycles. The fourth-order valence-electron chi connectivity index (χ4n) is 0.190. The molecule has 0 atom stereocenters. The second-order valence-electron chi connectivity index (χ2n) is 0.990. The van der Waals surface area contributed by atoms with Crippen LogP contribution in [0.5, 0.6) is 0 Å². The molecule has 0 aromatic heterocycles. The van der Waals surface area contributed by atoms with Gasteiger partial charge in [-0.25, -0.2) is 0 Å². The third-order valence-electron chi connectivity index (χ3n) is 0.433. The van der Waals surface area contributed by atoms with E-state index < -0.39 is 0 Å². The summed E-state index contributed by atoms with van der Waals surface area (Å²) in [6.45, 7) is 2.71. The molecule has 40 valence electrons. The Hall–Kier alpha value is -0.680. The summed E-state index contributed by atoms with van der Waals surface area (Å²) in [5, 5.41) is 10.8. The number of aliphatic hydroxyl groups excluding tert-OH is 1. The summed E-state index contributed by atoms with van der Waals surface area (Å²) in [6, 6.07) is 2.53. The van der Waals surface area contributed by atoms with E-state index in [1.165, 1.54) is 0 Å². The van der Waals surface area contributed by atoms with E-state index in [9.17, 15) is 0 Å². The van der Waals surface area contributed by atoms with E-state index in [1.54, 1.807) is 0 Å². The van der Waals surface area contributed by atoms with Crippen molar-refractivity contribution in [2.75, 3.05) is 13.2 Å². The molecule has 0 heterocycles. The fraction of sp³-hybridized carbons (Fsp3) is 0.600. The van der Waals surface area contributed by atoms with Gasteiger partial charge in [-0.05, 0) is 6.92 Å². The Bertz CT molecular complexity index is 79.8. The van der Waals surface area contributed by atoms with Crippen LogP contribution in [0.15, 0.2) is 0 Å². The van der Waals surface area contributed by atoms with Crippen LogP contribution >= 0.6 is 0 Å². The lowest BCUT2D eigenvalue weighted by Gasteiger charge is -1.81. The predicted octanol–water partition coefficient (Wildman–Crippen LogP) is -0.451. The monoisotopic (exact) mass is 99.1 g/mol. The molecule has 0 rings (SSSR count). The summed E-state index contributed by atoms with van der Waals surface area (Å²) in [6.07, 6.45) is 0. The van der Waals surface area contributed by atoms with Gasteiger partial charge in [-0.3, -0.25) is 0 Å². The van der Waals surface area contributed by atoms with Crippen molar-refractivity contribution in [3.8, 4) is 12.0 Å². The molecule has 2 nitrogen and oxygen atoms in total. The third-order valence-corrected chi connectivity index (χ3v) is 0.433. The highest BCUT2D eigenvalue weighted by Crippen LogP contribution is 1.48. The quantitative estimate of drug-likeness (QED) is 0.344. The molecule has 0 spiro atoms. The van der Waals surface area contributed by atoms with E-state index in [4.69, 9.17) is 5.11 Å². The van der Waals surface area contributed by atoms with Crippen molar-refractivity contribution in [3.05, 3.63) is 0 Å². The minimum Gasteiger partial charge on any atom is -0.384 e. The second-order valence-corrected chi connectivity index (χ2v) is 0.990. The molecule has 0 aromatic carbocycles. The minimum atomic E-state index is -0.0625. The largest absolute Gasteiger partial charge is 0.384 e. The SMILES string of the molecule is CCNC#CCO. The van der Waals surface area contributed by atoms with E-state index in [-0.39, 0.29) is 6.61 Å². The van der Waals surface area contributed by atoms with Crippen LogP contribution in [0.1, 0.15) is 6.92 Å². The first-order valence-electron chi connectivity index (χ1n) is 2.23. The fourth-order valence-corrected chi connectivity index (χ4v) is 0.190. The zero-order valence-corrected chi connectivity index (χ0v) is 4.36. The molecular weight excluding hydrogens is 90.1 g/mol. The molecule has 2 heteroatoms. The Morgan fingerprint density at radius 2 is 2.43 bits per heavy atom. The van der Waals surface area contributed by atoms with Crippen LogP contribution in [-0.4, -0.2) is 18.3 Å². The van der Waals surface area contributed by atoms with Crippen molar-refractivity contribution in [2.45, 2.75) is 6.92 Å². The molecule has 2 N–H and O–H groups in total. The van der Waals surface area contributed by atoms with Gasteiger partial charge in [0.15, 0.2) is 0 Å². The molecule has 0 amide bonds. The van der Waals surface area contributed by atoms with Crippen molar-refractivity contribution in [1.29, 1.82) is 0 Å². The van der Waals surface area contributed by atoms with Crippen LogP contribution in [-0.2, 0) is 0 Å². The lowest BCUT2D eigenvalue weighted by atomic mass is 10.7. The predicted molar refractivity (Wildman–Crippen MR) is 28.5 cm³/mol. The Kier molecular flexibility index (Phi) is 4.80. The summed E-state index contributed by atoms with van der Waals surface area (Å²) in [4.78, 5) is 0. The lowest BCUT2D eigenvalue weighted by molar-refractivity contribution is 0.350. The summed E-state index contributed by atoms with van der Waals surface area (Å²) >= 11 is 0. The number of hydrogen-bond acceptors (Lipinski definition) is 2. The highest BCUT2D eigenvalue weighted by atomic mass is 16.2. The number of rotatable bonds is 1. The van der Waals surface area contributed by atoms with Crippen molar-refractivity contribution < 1.29 is 5.11 Å². The maximum absolute atomic E-state index is 8.08. The van der Waals surface area contributed by atoms with Crippen LogP contribution in [0, 0.1) is 12.0 Å². The molecule has 0 aliphatic rings. The van der Waals surface area contributed by atoms with E-state index in [0.29, 0.717) is 0 Å². The standard InChI is InChI=1S/C5H9NO/c1-2-6-4-3-5-7/h6-7H,2,5H2,1H3. The van der Waals surface area contributed by atoms with Crippen LogP contribution in [0.25, 0.3) is 0 Å². The van der Waals surface area contributed by atoms with E-state index in [1.807, 2.05) is 6.92 Å². The highest BCUT2D eigenvalue weighted by Gasteiger charge is 1.61. The van der Waals surface area contributed by atoms with Gasteiger partial charge < -0.3 is 10.4 Å². The first-order valence-corrected chi connectivity index (χ1v) is 2.23. The van der Waals surface area contributed by atoms with Crippen molar-refractivity contribution in [1.82, 2.24) is 5.32 Å². The zero-order chi connectivity index (χ0) is 5.54. The van der Waals surface area contributed by atoms with E-state index >= 15 is 0 Å². The summed E-state index contributed by atoms with van der Waals surface area (Å²) in [5.41, 5.74) is 0. The van der Waals surface area contributed by atoms with Crippen LogP contribution in [0.3, 0.4) is 0 Å². The molecule has 0 aliphatic heterocycles. The van der Waals surface area contributed by atoms with Gasteiger partial charge in [0.2, 0.25) is 0 Å². The molecule has 0 radical (unpaired) electrons. The number of hydrogen-bond donors (Lipinski definition) is 2. The van der Waals surface area contributed by atoms with Gasteiger partial charge >= 0.3 is 0 Å². The van der Waals surface area contributed by atoms with Crippen LogP contribution in [0.2, 0.25) is 0 Å². The van der Waals surface area contributed by atoms with Gasteiger partial charge in [-0.1, -0.05) is 5.92 Å². The Morgan fingerprint density at radius 3 is 2.86 bits per heavy atom. The molecular formula is C5H9NO. The Labute approximate surface area is 43.5 Å². The van der Waals surface area contributed by atoms with Crippen molar-refractivity contribution >= 4 is 0 Å². The average molecular weight is 99.1 g/mol. The topological polar surface area (TPSA) is 32.3 Å². The maximum atomic E-state index is 8.08. The second kappa shape index (κ2) is 5.32. The van der Waals surface area contributed by atoms with Gasteiger partial charge in [0.05, 0.1) is 0 Å². The van der Waals surface area contributed by atoms with Gasteiger partial charge in [-0.2, -0.15) is 0 Å². The maximum Gasteiger partial charge on any atom is 0.106 e. The smallest absolute Gasteiger partial charge is 0.106 e. The van der Waals surface area contributed by atoms with Gasteiger partial charge in [0.25, 0.3) is 0 Å². The average Bonchev–Trinajstić information content (AvgIpc) is 1.69. The van der Waals surface area contributed by atoms with Gasteiger partial charge in [0, 0.05) is 12.6 Å². The molecule has 0 aromatic rings. The number of aliphatic hydroxyl groups is 1. The Balaban J connectivity index is 2.91. The number of nitrogens with one attached hydrogen (secondary N) is 1. The van der Waals surface area contributed by atoms with Crippen LogP contribution < -0.4 is 5.32 Å². The zero-order valence-electron chi connectivity index (χ0n) is 4.36. The minimum absolute atomic E-state index is 0.0625. The molecule has 0 bridgehead atoms. The molecule has 0 saturated carbocycles. The molecule has 0 saturated heterocycles. The van der Waals surface area contributed by atoms with E-state index in [0.717, 1.165) is 6.54 Å². The summed E-state index contributed by atoms with van der Waals surface area (Å²) < 4.78 is 0. The van der Waals surface area contributed by atoms with Crippen LogP contribution in [0.4, 0.5) is 0 Å². The molecule has 7 heavy (non-hydrogen) atoms. The third kappa shape index (κ3) is 5.32. The molecule has 0 fully saturated rings. The van der Waals surface area contributed by atoms with Gasteiger partial charge in [-0.15, -0.1) is 0 Å². The first-order chi connectivity index (χ1) is 3.41. The summed E-state index contributed by atoms with van der Waals surface area (Å²) in [5.74, 6) is 2.44. The van der Waals surface area contributed by atoms with Crippen molar-refractivity contribution in [2.24, 2.45) is 0 Å². The lowest BCUT2D eigenvalue weighted by Crippen LogP contribution is -2.02. The molecule has 0 unspecified atom stereocenters. The Morgan fingerprint density at radius 1 is 1.71 bits per heavy atom. The van der Waals surface area contributed by atoms with E-state index in [2.05, 4.69) is 17.3 Å². The van der Waals surface area contributed by atoms with Crippen molar-refractivity contribution in [3.63, 3.8) is 0 Å². The first kappa shape index (κ1) is 6.32. The normalized spacial score (nSPS) is 6.57. The van der Waals surface area contributed by atoms with Gasteiger partial charge in [0.1, 0.15) is 6.61 Å². The highest BCUT2D eigenvalue weighted by molar-refractivity contribution is 4.95. The summed E-state index contributed by atoms with van der Waals surface area (Å²) in [7, 11) is 0.